The van der Waals surface area contributed by atoms with Crippen molar-refractivity contribution in [2.24, 2.45) is 0 Å². The molecular formula is C11H11NO3S. The Morgan fingerprint density at radius 2 is 2.31 bits per heavy atom. The van der Waals surface area contributed by atoms with Gasteiger partial charge in [-0.15, -0.1) is 11.3 Å². The van der Waals surface area contributed by atoms with E-state index in [1.54, 1.807) is 11.3 Å². The van der Waals surface area contributed by atoms with Gasteiger partial charge in [0.25, 0.3) is 0 Å². The van der Waals surface area contributed by atoms with Crippen LogP contribution in [-0.4, -0.2) is 17.0 Å². The fraction of sp³-hybridized carbons (Fsp3) is 0.273. The third-order valence-corrected chi connectivity index (χ3v) is 3.39. The van der Waals surface area contributed by atoms with Gasteiger partial charge in [-0.3, -0.25) is 4.79 Å². The molecule has 2 rings (SSSR count). The normalized spacial score (nSPS) is 15.4. The molecule has 84 valence electrons. The lowest BCUT2D eigenvalue weighted by Crippen LogP contribution is -2.15. The Morgan fingerprint density at radius 1 is 1.50 bits per heavy atom. The maximum atomic E-state index is 11.1. The average Bonchev–Trinajstić information content (AvgIpc) is 2.83. The number of rotatable bonds is 4. The van der Waals surface area contributed by atoms with Gasteiger partial charge in [0.2, 0.25) is 5.91 Å². The summed E-state index contributed by atoms with van der Waals surface area (Å²) in [6, 6.07) is 3.96. The number of hydrogen-bond donors (Lipinski definition) is 2. The lowest BCUT2D eigenvalue weighted by atomic mass is 10.1. The van der Waals surface area contributed by atoms with E-state index < -0.39 is 5.97 Å². The molecule has 0 fully saturated rings. The van der Waals surface area contributed by atoms with Crippen molar-refractivity contribution < 1.29 is 14.7 Å². The number of carbonyl (C=O) groups is 2. The third-order valence-electron chi connectivity index (χ3n) is 2.45. The topological polar surface area (TPSA) is 66.4 Å². The molecule has 2 heterocycles. The van der Waals surface area contributed by atoms with E-state index in [4.69, 9.17) is 5.11 Å². The van der Waals surface area contributed by atoms with Gasteiger partial charge in [0.1, 0.15) is 0 Å². The number of thiophene rings is 1. The predicted molar refractivity (Wildman–Crippen MR) is 60.1 cm³/mol. The van der Waals surface area contributed by atoms with Crippen LogP contribution in [0.1, 0.15) is 17.7 Å². The Bertz CT molecular complexity index is 448. The van der Waals surface area contributed by atoms with E-state index in [1.807, 2.05) is 17.5 Å². The molecule has 0 radical (unpaired) electrons. The summed E-state index contributed by atoms with van der Waals surface area (Å²) < 4.78 is 0. The first-order chi connectivity index (χ1) is 7.66. The number of carboxylic acids is 1. The van der Waals surface area contributed by atoms with Crippen LogP contribution in [0.3, 0.4) is 0 Å². The van der Waals surface area contributed by atoms with Crippen molar-refractivity contribution in [3.05, 3.63) is 33.7 Å². The fourth-order valence-corrected chi connectivity index (χ4v) is 2.39. The van der Waals surface area contributed by atoms with Crippen LogP contribution < -0.4 is 5.32 Å². The van der Waals surface area contributed by atoms with Gasteiger partial charge in [-0.2, -0.15) is 0 Å². The zero-order chi connectivity index (χ0) is 11.5. The SMILES string of the molecule is O=C1CC(C(=O)O)=C(CCc2cccs2)N1. The predicted octanol–water partition coefficient (Wildman–Crippen LogP) is 1.54. The Kier molecular flexibility index (Phi) is 3.05. The summed E-state index contributed by atoms with van der Waals surface area (Å²) in [6.45, 7) is 0. The lowest BCUT2D eigenvalue weighted by molar-refractivity contribution is -0.133. The highest BCUT2D eigenvalue weighted by Gasteiger charge is 2.25. The van der Waals surface area contributed by atoms with E-state index >= 15 is 0 Å². The number of aliphatic carboxylic acids is 1. The molecule has 1 aliphatic rings. The van der Waals surface area contributed by atoms with Crippen LogP contribution in [0.15, 0.2) is 28.8 Å². The molecule has 1 aliphatic heterocycles. The van der Waals surface area contributed by atoms with E-state index in [1.165, 1.54) is 4.88 Å². The van der Waals surface area contributed by atoms with Crippen molar-refractivity contribution in [1.82, 2.24) is 5.32 Å². The molecule has 0 saturated carbocycles. The molecule has 4 nitrogen and oxygen atoms in total. The maximum absolute atomic E-state index is 11.1. The number of carboxylic acid groups (broad SMARTS) is 1. The summed E-state index contributed by atoms with van der Waals surface area (Å²) in [5, 5.41) is 13.5. The second kappa shape index (κ2) is 4.49. The van der Waals surface area contributed by atoms with Crippen LogP contribution in [0.2, 0.25) is 0 Å². The molecule has 1 amide bonds. The smallest absolute Gasteiger partial charge is 0.333 e. The van der Waals surface area contributed by atoms with Crippen LogP contribution in [0, 0.1) is 0 Å². The van der Waals surface area contributed by atoms with Crippen LogP contribution in [-0.2, 0) is 16.0 Å². The number of amides is 1. The summed E-state index contributed by atoms with van der Waals surface area (Å²) in [5.41, 5.74) is 0.771. The summed E-state index contributed by atoms with van der Waals surface area (Å²) >= 11 is 1.63. The van der Waals surface area contributed by atoms with E-state index in [9.17, 15) is 9.59 Å². The minimum absolute atomic E-state index is 0.00485. The highest BCUT2D eigenvalue weighted by molar-refractivity contribution is 7.09. The second-order valence-electron chi connectivity index (χ2n) is 3.57. The van der Waals surface area contributed by atoms with E-state index in [2.05, 4.69) is 5.32 Å². The molecule has 16 heavy (non-hydrogen) atoms. The quantitative estimate of drug-likeness (QED) is 0.834. The van der Waals surface area contributed by atoms with Gasteiger partial charge < -0.3 is 10.4 Å². The molecule has 2 N–H and O–H groups in total. The highest BCUT2D eigenvalue weighted by atomic mass is 32.1. The maximum Gasteiger partial charge on any atom is 0.333 e. The molecule has 1 aromatic heterocycles. The van der Waals surface area contributed by atoms with Gasteiger partial charge in [-0.05, 0) is 24.3 Å². The fourth-order valence-electron chi connectivity index (χ4n) is 1.68. The van der Waals surface area contributed by atoms with Crippen LogP contribution in [0.4, 0.5) is 0 Å². The van der Waals surface area contributed by atoms with Gasteiger partial charge in [0.05, 0.1) is 12.0 Å². The highest BCUT2D eigenvalue weighted by Crippen LogP contribution is 2.21. The first-order valence-electron chi connectivity index (χ1n) is 4.94. The number of allylic oxidation sites excluding steroid dienone is 1. The molecule has 0 saturated heterocycles. The van der Waals surface area contributed by atoms with Gasteiger partial charge in [-0.25, -0.2) is 4.79 Å². The molecular weight excluding hydrogens is 226 g/mol. The van der Waals surface area contributed by atoms with Crippen molar-refractivity contribution in [3.8, 4) is 0 Å². The third kappa shape index (κ3) is 2.30. The van der Waals surface area contributed by atoms with Gasteiger partial charge in [-0.1, -0.05) is 6.07 Å². The van der Waals surface area contributed by atoms with Gasteiger partial charge >= 0.3 is 5.97 Å². The molecule has 0 spiro atoms. The van der Waals surface area contributed by atoms with E-state index in [0.29, 0.717) is 12.1 Å². The van der Waals surface area contributed by atoms with Gasteiger partial charge in [0.15, 0.2) is 0 Å². The van der Waals surface area contributed by atoms with Crippen molar-refractivity contribution in [3.63, 3.8) is 0 Å². The molecule has 0 unspecified atom stereocenters. The van der Waals surface area contributed by atoms with E-state index in [0.717, 1.165) is 6.42 Å². The minimum atomic E-state index is -1.00. The van der Waals surface area contributed by atoms with Crippen LogP contribution >= 0.6 is 11.3 Å². The molecule has 0 aromatic carbocycles. The number of hydrogen-bond acceptors (Lipinski definition) is 3. The first kappa shape index (κ1) is 10.9. The first-order valence-corrected chi connectivity index (χ1v) is 5.82. The number of carbonyl (C=O) groups excluding carboxylic acids is 1. The molecule has 0 aliphatic carbocycles. The summed E-state index contributed by atoms with van der Waals surface area (Å²) in [4.78, 5) is 23.2. The second-order valence-corrected chi connectivity index (χ2v) is 4.60. The van der Waals surface area contributed by atoms with Crippen molar-refractivity contribution >= 4 is 23.2 Å². The van der Waals surface area contributed by atoms with E-state index in [-0.39, 0.29) is 17.9 Å². The largest absolute Gasteiger partial charge is 0.478 e. The lowest BCUT2D eigenvalue weighted by Gasteiger charge is -2.02. The van der Waals surface area contributed by atoms with Crippen molar-refractivity contribution in [2.45, 2.75) is 19.3 Å². The zero-order valence-corrected chi connectivity index (χ0v) is 9.34. The summed E-state index contributed by atoms with van der Waals surface area (Å²) in [5.74, 6) is -1.22. The Balaban J connectivity index is 2.05. The Morgan fingerprint density at radius 3 is 2.94 bits per heavy atom. The average molecular weight is 237 g/mol. The number of nitrogens with one attached hydrogen (secondary N) is 1. The molecule has 0 atom stereocenters. The summed E-state index contributed by atoms with van der Waals surface area (Å²) in [7, 11) is 0. The summed E-state index contributed by atoms with van der Waals surface area (Å²) in [6.07, 6.45) is 1.34. The minimum Gasteiger partial charge on any atom is -0.478 e. The van der Waals surface area contributed by atoms with Crippen LogP contribution in [0.25, 0.3) is 0 Å². The van der Waals surface area contributed by atoms with Crippen molar-refractivity contribution in [2.75, 3.05) is 0 Å². The number of aryl methyl sites for hydroxylation is 1. The molecule has 5 heteroatoms. The zero-order valence-electron chi connectivity index (χ0n) is 8.53. The molecule has 0 bridgehead atoms. The monoisotopic (exact) mass is 237 g/mol. The standard InChI is InChI=1S/C11H11NO3S/c13-10-6-8(11(14)15)9(12-10)4-3-7-2-1-5-16-7/h1-2,5H,3-4,6H2,(H,12,13)(H,14,15). The molecule has 1 aromatic rings. The van der Waals surface area contributed by atoms with Crippen molar-refractivity contribution in [1.29, 1.82) is 0 Å². The Hall–Kier alpha value is -1.62. The van der Waals surface area contributed by atoms with Crippen LogP contribution in [0.5, 0.6) is 0 Å². The van der Waals surface area contributed by atoms with Gasteiger partial charge in [0, 0.05) is 10.6 Å². The Labute approximate surface area is 96.6 Å².